The fourth-order valence-electron chi connectivity index (χ4n) is 8.27. The van der Waals surface area contributed by atoms with Crippen molar-refractivity contribution in [3.05, 3.63) is 35.9 Å². The van der Waals surface area contributed by atoms with E-state index in [-0.39, 0.29) is 29.9 Å². The van der Waals surface area contributed by atoms with Gasteiger partial charge in [-0.3, -0.25) is 24.0 Å². The Bertz CT molecular complexity index is 1200. The third-order valence-corrected chi connectivity index (χ3v) is 10.8. The van der Waals surface area contributed by atoms with Crippen LogP contribution < -0.4 is 22.5 Å². The number of hydrogen-bond acceptors (Lipinski definition) is 8. The second kappa shape index (κ2) is 18.0. The number of unbranched alkanes of at least 4 members (excludes halogenated alkanes) is 1. The first kappa shape index (κ1) is 36.9. The van der Waals surface area contributed by atoms with Crippen LogP contribution in [-0.4, -0.2) is 71.3 Å². The highest BCUT2D eigenvalue weighted by molar-refractivity contribution is 6.11. The molecule has 10 heteroatoms. The van der Waals surface area contributed by atoms with Crippen molar-refractivity contribution in [3.63, 3.8) is 0 Å². The second-order valence-corrected chi connectivity index (χ2v) is 14.2. The van der Waals surface area contributed by atoms with Gasteiger partial charge in [0.1, 0.15) is 6.04 Å². The second-order valence-electron chi connectivity index (χ2n) is 14.2. The molecule has 1 saturated heterocycles. The summed E-state index contributed by atoms with van der Waals surface area (Å²) >= 11 is 0. The van der Waals surface area contributed by atoms with E-state index in [0.29, 0.717) is 70.4 Å². The molecule has 47 heavy (non-hydrogen) atoms. The zero-order valence-electron chi connectivity index (χ0n) is 28.0. The highest BCUT2D eigenvalue weighted by Gasteiger charge is 2.54. The van der Waals surface area contributed by atoms with Crippen molar-refractivity contribution in [1.29, 1.82) is 0 Å². The van der Waals surface area contributed by atoms with Gasteiger partial charge >= 0.3 is 0 Å². The van der Waals surface area contributed by atoms with E-state index in [9.17, 15) is 24.0 Å². The van der Waals surface area contributed by atoms with Gasteiger partial charge in [-0.05, 0) is 75.3 Å². The Kier molecular flexibility index (Phi) is 14.1. The molecule has 1 unspecified atom stereocenters. The number of Topliss-reactive ketones (excluding diaryl/α,β-unsaturated/α-hetero) is 2. The van der Waals surface area contributed by atoms with Crippen molar-refractivity contribution >= 4 is 29.7 Å². The van der Waals surface area contributed by atoms with Gasteiger partial charge < -0.3 is 27.4 Å². The zero-order valence-corrected chi connectivity index (χ0v) is 28.0. The summed E-state index contributed by atoms with van der Waals surface area (Å²) in [5.74, 6) is -2.70. The number of nitrogens with two attached hydrogens (primary N) is 3. The molecule has 2 amide bonds. The monoisotopic (exact) mass is 650 g/mol. The predicted octanol–water partition coefficient (Wildman–Crippen LogP) is 3.27. The lowest BCUT2D eigenvalue weighted by molar-refractivity contribution is -0.144. The number of nitrogens with one attached hydrogen (secondary N) is 1. The van der Waals surface area contributed by atoms with Crippen LogP contribution in [0.15, 0.2) is 30.3 Å². The summed E-state index contributed by atoms with van der Waals surface area (Å²) in [6.45, 7) is 0.802. The molecule has 10 nitrogen and oxygen atoms in total. The van der Waals surface area contributed by atoms with Crippen LogP contribution >= 0.6 is 0 Å². The van der Waals surface area contributed by atoms with Crippen LogP contribution in [0.2, 0.25) is 0 Å². The van der Waals surface area contributed by atoms with Crippen molar-refractivity contribution in [3.8, 4) is 0 Å². The normalized spacial score (nSPS) is 22.5. The summed E-state index contributed by atoms with van der Waals surface area (Å²) in [5.41, 5.74) is 17.6. The number of nitrogens with zero attached hydrogens (tertiary/aromatic N) is 1. The Morgan fingerprint density at radius 3 is 2.21 bits per heavy atom. The lowest BCUT2D eigenvalue weighted by Crippen LogP contribution is -2.66. The van der Waals surface area contributed by atoms with E-state index in [1.807, 2.05) is 36.6 Å². The average Bonchev–Trinajstić information content (AvgIpc) is 3.59. The number of ketones is 2. The van der Waals surface area contributed by atoms with Crippen molar-refractivity contribution < 1.29 is 24.0 Å². The third kappa shape index (κ3) is 9.57. The molecular formula is C37H56N5O5. The minimum Gasteiger partial charge on any atom is -0.344 e. The van der Waals surface area contributed by atoms with E-state index < -0.39 is 35.4 Å². The van der Waals surface area contributed by atoms with Crippen LogP contribution in [0.25, 0.3) is 0 Å². The maximum atomic E-state index is 14.7. The lowest BCUT2D eigenvalue weighted by atomic mass is 9.65. The quantitative estimate of drug-likeness (QED) is 0.147. The maximum Gasteiger partial charge on any atom is 0.245 e. The number of hydrogen-bond donors (Lipinski definition) is 4. The Morgan fingerprint density at radius 1 is 0.915 bits per heavy atom. The molecule has 1 aliphatic heterocycles. The van der Waals surface area contributed by atoms with E-state index in [0.717, 1.165) is 50.5 Å². The lowest BCUT2D eigenvalue weighted by Gasteiger charge is -2.41. The summed E-state index contributed by atoms with van der Waals surface area (Å²) in [4.78, 5) is 70.3. The molecule has 1 radical (unpaired) electrons. The van der Waals surface area contributed by atoms with Gasteiger partial charge in [-0.1, -0.05) is 81.7 Å². The molecule has 7 N–H and O–H groups in total. The number of carbonyl (C=O) groups is 4. The van der Waals surface area contributed by atoms with E-state index in [4.69, 9.17) is 17.2 Å². The summed E-state index contributed by atoms with van der Waals surface area (Å²) in [5, 5.41) is 2.93. The van der Waals surface area contributed by atoms with Gasteiger partial charge in [-0.15, -0.1) is 0 Å². The van der Waals surface area contributed by atoms with Crippen LogP contribution in [0, 0.1) is 17.8 Å². The van der Waals surface area contributed by atoms with E-state index in [1.165, 1.54) is 6.42 Å². The fourth-order valence-corrected chi connectivity index (χ4v) is 8.27. The molecule has 0 aromatic heterocycles. The number of carbonyl (C=O) groups excluding carboxylic acids is 5. The Balaban J connectivity index is 1.56. The molecule has 0 spiro atoms. The minimum absolute atomic E-state index is 0.127. The molecule has 2 saturated carbocycles. The summed E-state index contributed by atoms with van der Waals surface area (Å²) in [6, 6.07) is 6.67. The van der Waals surface area contributed by atoms with Gasteiger partial charge in [0.05, 0.1) is 24.4 Å². The van der Waals surface area contributed by atoms with Crippen LogP contribution in [0.4, 0.5) is 0 Å². The summed E-state index contributed by atoms with van der Waals surface area (Å²) < 4.78 is 0. The number of benzene rings is 1. The third-order valence-electron chi connectivity index (χ3n) is 10.8. The first-order valence-corrected chi connectivity index (χ1v) is 18.0. The fraction of sp³-hybridized carbons (Fsp3) is 0.703. The molecule has 2 aliphatic carbocycles. The molecular weight excluding hydrogens is 594 g/mol. The molecule has 259 valence electrons. The van der Waals surface area contributed by atoms with Crippen LogP contribution in [0.3, 0.4) is 0 Å². The Hall–Kier alpha value is -2.95. The summed E-state index contributed by atoms with van der Waals surface area (Å²) in [7, 11) is 0. The van der Waals surface area contributed by atoms with Gasteiger partial charge in [-0.25, -0.2) is 0 Å². The van der Waals surface area contributed by atoms with Gasteiger partial charge in [0, 0.05) is 6.54 Å². The standard InChI is InChI=1S/C37H56N5O5/c38-21-11-10-19-30(41-32(44)24-27-15-6-2-7-16-27)36(47)42-22-12-20-31(42)34(45)33(28-17-8-3-9-18-28)37(40,25-43)35(46)29(39)23-26-13-4-1-5-14-26/h2,6-7,15-16,26,28-31,33H,1,3-5,8-14,17-24,38-40H2,(H,41,44)/t29-,30+,31+,33?,37-/m1/s1. The number of rotatable bonds is 17. The van der Waals surface area contributed by atoms with Gasteiger partial charge in [0.15, 0.2) is 17.1 Å². The highest BCUT2D eigenvalue weighted by atomic mass is 16.2. The molecule has 4 rings (SSSR count). The molecule has 5 atom stereocenters. The molecule has 3 fully saturated rings. The maximum absolute atomic E-state index is 14.7. The highest BCUT2D eigenvalue weighted by Crippen LogP contribution is 2.39. The molecule has 1 aromatic rings. The van der Waals surface area contributed by atoms with E-state index in [1.54, 1.807) is 4.90 Å². The average molecular weight is 651 g/mol. The Labute approximate surface area is 280 Å². The topological polar surface area (TPSA) is 179 Å². The van der Waals surface area contributed by atoms with Gasteiger partial charge in [0.25, 0.3) is 0 Å². The first-order chi connectivity index (χ1) is 22.7. The number of likely N-dealkylation sites (tertiary alicyclic amines) is 1. The van der Waals surface area contributed by atoms with Crippen LogP contribution in [0.1, 0.15) is 108 Å². The van der Waals surface area contributed by atoms with E-state index >= 15 is 0 Å². The van der Waals surface area contributed by atoms with Crippen molar-refractivity contribution in [1.82, 2.24) is 10.2 Å². The van der Waals surface area contributed by atoms with Crippen LogP contribution in [-0.2, 0) is 30.4 Å². The van der Waals surface area contributed by atoms with Crippen molar-refractivity contribution in [2.45, 2.75) is 133 Å². The van der Waals surface area contributed by atoms with E-state index in [2.05, 4.69) is 5.32 Å². The number of amides is 2. The van der Waals surface area contributed by atoms with Crippen LogP contribution in [0.5, 0.6) is 0 Å². The summed E-state index contributed by atoms with van der Waals surface area (Å²) in [6.07, 6.45) is 14.5. The van der Waals surface area contributed by atoms with Gasteiger partial charge in [0.2, 0.25) is 18.1 Å². The van der Waals surface area contributed by atoms with Crippen molar-refractivity contribution in [2.24, 2.45) is 35.0 Å². The predicted molar refractivity (Wildman–Crippen MR) is 182 cm³/mol. The molecule has 0 bridgehead atoms. The first-order valence-electron chi connectivity index (χ1n) is 18.0. The molecule has 1 aromatic carbocycles. The van der Waals surface area contributed by atoms with Gasteiger partial charge in [-0.2, -0.15) is 0 Å². The SMILES string of the molecule is NCCCC[C@H](NC(=O)Cc1ccccc1)C(=O)N1CCC[C@H]1C(=O)C(C1CCCCC1)[C@](N)([C]=O)C(=O)[C@H](N)CC1CCCCC1. The zero-order chi connectivity index (χ0) is 33.8. The molecule has 1 heterocycles. The smallest absolute Gasteiger partial charge is 0.245 e. The van der Waals surface area contributed by atoms with Crippen molar-refractivity contribution in [2.75, 3.05) is 13.1 Å². The molecule has 3 aliphatic rings. The minimum atomic E-state index is -2.19. The Morgan fingerprint density at radius 2 is 1.57 bits per heavy atom. The largest absolute Gasteiger partial charge is 0.344 e.